The van der Waals surface area contributed by atoms with Crippen molar-refractivity contribution in [3.05, 3.63) is 30.6 Å². The molecule has 4 heteroatoms. The zero-order valence-corrected chi connectivity index (χ0v) is 10.6. The van der Waals surface area contributed by atoms with Crippen molar-refractivity contribution in [3.8, 4) is 0 Å². The number of rotatable bonds is 4. The number of hydrogen-bond acceptors (Lipinski definition) is 4. The van der Waals surface area contributed by atoms with E-state index < -0.39 is 0 Å². The lowest BCUT2D eigenvalue weighted by atomic mass is 10.1. The second-order valence-corrected chi connectivity index (χ2v) is 4.97. The number of likely N-dealkylation sites (N-methyl/N-ethyl adjacent to an activating group) is 1. The zero-order valence-electron chi connectivity index (χ0n) is 10.6. The molecule has 1 fully saturated rings. The molecule has 1 aliphatic carbocycles. The lowest BCUT2D eigenvalue weighted by molar-refractivity contribution is 0.567. The third-order valence-corrected chi connectivity index (χ3v) is 3.76. The molecule has 1 aromatic carbocycles. The van der Waals surface area contributed by atoms with Crippen molar-refractivity contribution in [2.75, 3.05) is 18.5 Å². The summed E-state index contributed by atoms with van der Waals surface area (Å²) >= 11 is 0. The van der Waals surface area contributed by atoms with Gasteiger partial charge in [0.05, 0.1) is 5.52 Å². The van der Waals surface area contributed by atoms with Crippen LogP contribution < -0.4 is 10.6 Å². The SMILES string of the molecule is CN(c1ncnc2ccccc12)C(CN)C1CC1. The highest BCUT2D eigenvalue weighted by molar-refractivity contribution is 5.89. The molecule has 4 nitrogen and oxygen atoms in total. The molecule has 0 saturated heterocycles. The minimum absolute atomic E-state index is 0.392. The molecule has 0 spiro atoms. The zero-order chi connectivity index (χ0) is 12.5. The van der Waals surface area contributed by atoms with E-state index in [1.807, 2.05) is 18.2 Å². The maximum Gasteiger partial charge on any atom is 0.139 e. The lowest BCUT2D eigenvalue weighted by Gasteiger charge is -2.28. The van der Waals surface area contributed by atoms with E-state index in [1.54, 1.807) is 6.33 Å². The van der Waals surface area contributed by atoms with Crippen LogP contribution in [-0.4, -0.2) is 29.6 Å². The minimum atomic E-state index is 0.392. The first-order chi connectivity index (χ1) is 8.81. The fraction of sp³-hybridized carbons (Fsp3) is 0.429. The molecule has 1 aliphatic rings. The van der Waals surface area contributed by atoms with Crippen LogP contribution in [0.4, 0.5) is 5.82 Å². The molecular weight excluding hydrogens is 224 g/mol. The molecule has 2 N–H and O–H groups in total. The van der Waals surface area contributed by atoms with E-state index >= 15 is 0 Å². The van der Waals surface area contributed by atoms with Gasteiger partial charge in [0.2, 0.25) is 0 Å². The van der Waals surface area contributed by atoms with E-state index in [1.165, 1.54) is 12.8 Å². The number of anilines is 1. The molecule has 1 saturated carbocycles. The summed E-state index contributed by atoms with van der Waals surface area (Å²) in [5, 5.41) is 1.10. The normalized spacial score (nSPS) is 16.8. The monoisotopic (exact) mass is 242 g/mol. The molecule has 0 radical (unpaired) electrons. The average Bonchev–Trinajstić information content (AvgIpc) is 3.23. The summed E-state index contributed by atoms with van der Waals surface area (Å²) in [5.41, 5.74) is 6.90. The van der Waals surface area contributed by atoms with Crippen molar-refractivity contribution < 1.29 is 0 Å². The van der Waals surface area contributed by atoms with Gasteiger partial charge < -0.3 is 10.6 Å². The van der Waals surface area contributed by atoms with Crippen molar-refractivity contribution >= 4 is 16.7 Å². The van der Waals surface area contributed by atoms with Crippen molar-refractivity contribution in [2.24, 2.45) is 11.7 Å². The smallest absolute Gasteiger partial charge is 0.139 e. The maximum atomic E-state index is 5.91. The van der Waals surface area contributed by atoms with E-state index in [-0.39, 0.29) is 0 Å². The number of para-hydroxylation sites is 1. The predicted octanol–water partition coefficient (Wildman–Crippen LogP) is 1.80. The first kappa shape index (κ1) is 11.4. The molecule has 1 unspecified atom stereocenters. The Morgan fingerprint density at radius 1 is 1.33 bits per heavy atom. The Balaban J connectivity index is 2.02. The Labute approximate surface area is 107 Å². The van der Waals surface area contributed by atoms with Gasteiger partial charge in [-0.05, 0) is 30.9 Å². The molecule has 2 aromatic rings. The van der Waals surface area contributed by atoms with Crippen LogP contribution in [0.25, 0.3) is 10.9 Å². The summed E-state index contributed by atoms with van der Waals surface area (Å²) in [5.74, 6) is 1.72. The summed E-state index contributed by atoms with van der Waals surface area (Å²) in [6, 6.07) is 8.51. The highest BCUT2D eigenvalue weighted by Gasteiger charge is 2.33. The number of hydrogen-bond donors (Lipinski definition) is 1. The molecule has 3 rings (SSSR count). The molecule has 1 aromatic heterocycles. The standard InChI is InChI=1S/C14H18N4/c1-18(13(8-15)10-6-7-10)14-11-4-2-3-5-12(11)16-9-17-14/h2-5,9-10,13H,6-8,15H2,1H3. The van der Waals surface area contributed by atoms with Crippen molar-refractivity contribution in [1.82, 2.24) is 9.97 Å². The molecule has 0 aliphatic heterocycles. The number of nitrogens with two attached hydrogens (primary N) is 1. The van der Waals surface area contributed by atoms with E-state index in [2.05, 4.69) is 28.0 Å². The second kappa shape index (κ2) is 4.53. The van der Waals surface area contributed by atoms with Gasteiger partial charge in [-0.1, -0.05) is 12.1 Å². The van der Waals surface area contributed by atoms with Gasteiger partial charge in [0.15, 0.2) is 0 Å². The third-order valence-electron chi connectivity index (χ3n) is 3.76. The Morgan fingerprint density at radius 2 is 2.11 bits per heavy atom. The van der Waals surface area contributed by atoms with E-state index in [0.717, 1.165) is 22.6 Å². The number of benzene rings is 1. The van der Waals surface area contributed by atoms with Gasteiger partial charge in [0.25, 0.3) is 0 Å². The van der Waals surface area contributed by atoms with Crippen LogP contribution in [0.15, 0.2) is 30.6 Å². The lowest BCUT2D eigenvalue weighted by Crippen LogP contribution is -2.40. The summed E-state index contributed by atoms with van der Waals surface area (Å²) in [7, 11) is 2.09. The Hall–Kier alpha value is -1.68. The fourth-order valence-corrected chi connectivity index (χ4v) is 2.58. The van der Waals surface area contributed by atoms with Crippen LogP contribution in [0.5, 0.6) is 0 Å². The van der Waals surface area contributed by atoms with Gasteiger partial charge in [-0.3, -0.25) is 0 Å². The quantitative estimate of drug-likeness (QED) is 0.888. The Morgan fingerprint density at radius 3 is 2.83 bits per heavy atom. The van der Waals surface area contributed by atoms with Gasteiger partial charge in [-0.15, -0.1) is 0 Å². The molecule has 1 heterocycles. The number of nitrogens with zero attached hydrogens (tertiary/aromatic N) is 3. The van der Waals surface area contributed by atoms with Crippen LogP contribution in [0.3, 0.4) is 0 Å². The second-order valence-electron chi connectivity index (χ2n) is 4.97. The fourth-order valence-electron chi connectivity index (χ4n) is 2.58. The van der Waals surface area contributed by atoms with Crippen LogP contribution in [-0.2, 0) is 0 Å². The topological polar surface area (TPSA) is 55.0 Å². The van der Waals surface area contributed by atoms with Crippen LogP contribution in [0.2, 0.25) is 0 Å². The van der Waals surface area contributed by atoms with Crippen molar-refractivity contribution in [2.45, 2.75) is 18.9 Å². The summed E-state index contributed by atoms with van der Waals surface area (Å²) in [6.07, 6.45) is 4.21. The average molecular weight is 242 g/mol. The molecule has 0 bridgehead atoms. The van der Waals surface area contributed by atoms with Gasteiger partial charge in [-0.2, -0.15) is 0 Å². The largest absolute Gasteiger partial charge is 0.355 e. The Kier molecular flexibility index (Phi) is 2.88. The van der Waals surface area contributed by atoms with Gasteiger partial charge >= 0.3 is 0 Å². The van der Waals surface area contributed by atoms with Gasteiger partial charge in [0, 0.05) is 25.0 Å². The first-order valence-corrected chi connectivity index (χ1v) is 6.44. The highest BCUT2D eigenvalue weighted by Crippen LogP contribution is 2.36. The summed E-state index contributed by atoms with van der Waals surface area (Å²) < 4.78 is 0. The highest BCUT2D eigenvalue weighted by atomic mass is 15.2. The predicted molar refractivity (Wildman–Crippen MR) is 73.5 cm³/mol. The van der Waals surface area contributed by atoms with Crippen molar-refractivity contribution in [3.63, 3.8) is 0 Å². The summed E-state index contributed by atoms with van der Waals surface area (Å²) in [6.45, 7) is 0.680. The molecule has 0 amide bonds. The molecule has 94 valence electrons. The van der Waals surface area contributed by atoms with Crippen LogP contribution >= 0.6 is 0 Å². The molecule has 18 heavy (non-hydrogen) atoms. The minimum Gasteiger partial charge on any atom is -0.355 e. The van der Waals surface area contributed by atoms with E-state index in [9.17, 15) is 0 Å². The first-order valence-electron chi connectivity index (χ1n) is 6.44. The van der Waals surface area contributed by atoms with Crippen LogP contribution in [0.1, 0.15) is 12.8 Å². The molecule has 1 atom stereocenters. The van der Waals surface area contributed by atoms with E-state index in [4.69, 9.17) is 5.73 Å². The van der Waals surface area contributed by atoms with Gasteiger partial charge in [-0.25, -0.2) is 9.97 Å². The van der Waals surface area contributed by atoms with Crippen LogP contribution in [0, 0.1) is 5.92 Å². The van der Waals surface area contributed by atoms with Crippen molar-refractivity contribution in [1.29, 1.82) is 0 Å². The maximum absolute atomic E-state index is 5.91. The number of aromatic nitrogens is 2. The number of fused-ring (bicyclic) bond motifs is 1. The van der Waals surface area contributed by atoms with E-state index in [0.29, 0.717) is 12.6 Å². The van der Waals surface area contributed by atoms with Gasteiger partial charge in [0.1, 0.15) is 12.1 Å². The molecular formula is C14H18N4. The Bertz CT molecular complexity index is 545. The third kappa shape index (κ3) is 1.93. The summed E-state index contributed by atoms with van der Waals surface area (Å²) in [4.78, 5) is 11.0.